The number of nitrogens with one attached hydrogen (secondary N) is 1. The summed E-state index contributed by atoms with van der Waals surface area (Å²) in [4.78, 5) is 17.3. The maximum atomic E-state index is 13.1. The van der Waals surface area contributed by atoms with E-state index in [0.29, 0.717) is 28.5 Å². The first-order valence-corrected chi connectivity index (χ1v) is 8.67. The fourth-order valence-electron chi connectivity index (χ4n) is 3.55. The highest BCUT2D eigenvalue weighted by Gasteiger charge is 2.30. The maximum Gasteiger partial charge on any atom is 0.364 e. The second-order valence-electron chi connectivity index (χ2n) is 6.46. The zero-order valence-electron chi connectivity index (χ0n) is 13.3. The van der Waals surface area contributed by atoms with Gasteiger partial charge in [-0.15, -0.1) is 0 Å². The van der Waals surface area contributed by atoms with Gasteiger partial charge in [-0.2, -0.15) is 4.39 Å². The van der Waals surface area contributed by atoms with Gasteiger partial charge in [0.05, 0.1) is 5.02 Å². The van der Waals surface area contributed by atoms with Crippen LogP contribution in [-0.4, -0.2) is 46.1 Å². The van der Waals surface area contributed by atoms with Gasteiger partial charge in [0.25, 0.3) is 0 Å². The summed E-state index contributed by atoms with van der Waals surface area (Å²) in [5.41, 5.74) is 0.324. The van der Waals surface area contributed by atoms with E-state index in [1.54, 1.807) is 0 Å². The van der Waals surface area contributed by atoms with Crippen LogP contribution in [0, 0.1) is 0 Å². The summed E-state index contributed by atoms with van der Waals surface area (Å²) in [6, 6.07) is 2.53. The van der Waals surface area contributed by atoms with Gasteiger partial charge in [-0.3, -0.25) is 4.90 Å². The van der Waals surface area contributed by atoms with Gasteiger partial charge in [-0.25, -0.2) is 9.78 Å². The van der Waals surface area contributed by atoms with Crippen LogP contribution in [0.25, 0.3) is 6.08 Å². The number of aliphatic carboxylic acids is 1. The van der Waals surface area contributed by atoms with E-state index in [1.165, 1.54) is 37.9 Å². The topological polar surface area (TPSA) is 65.5 Å². The highest BCUT2D eigenvalue weighted by Crippen LogP contribution is 2.29. The number of carboxylic acids is 1. The van der Waals surface area contributed by atoms with Crippen molar-refractivity contribution in [2.45, 2.75) is 44.2 Å². The third-order valence-corrected chi connectivity index (χ3v) is 5.05. The third-order valence-electron chi connectivity index (χ3n) is 4.76. The van der Waals surface area contributed by atoms with Crippen LogP contribution in [0.15, 0.2) is 18.1 Å². The Bertz CT molecular complexity index is 647. The number of nitrogens with zero attached hydrogens (tertiary/aromatic N) is 2. The minimum atomic E-state index is -1.61. The predicted octanol–water partition coefficient (Wildman–Crippen LogP) is 3.56. The summed E-state index contributed by atoms with van der Waals surface area (Å²) in [5, 5.41) is 12.3. The largest absolute Gasteiger partial charge is 0.476 e. The van der Waals surface area contributed by atoms with Crippen molar-refractivity contribution >= 4 is 29.5 Å². The highest BCUT2D eigenvalue weighted by molar-refractivity contribution is 6.33. The molecule has 2 fully saturated rings. The molecule has 0 amide bonds. The molecule has 24 heavy (non-hydrogen) atoms. The molecule has 2 aliphatic rings. The Morgan fingerprint density at radius 2 is 2.17 bits per heavy atom. The molecule has 1 aromatic heterocycles. The molecule has 1 saturated carbocycles. The van der Waals surface area contributed by atoms with E-state index in [0.717, 1.165) is 25.6 Å². The van der Waals surface area contributed by atoms with Crippen molar-refractivity contribution in [3.05, 3.63) is 28.7 Å². The quantitative estimate of drug-likeness (QED) is 0.792. The number of carboxylic acid groups (broad SMARTS) is 1. The summed E-state index contributed by atoms with van der Waals surface area (Å²) in [6.07, 6.45) is 8.61. The molecule has 130 valence electrons. The van der Waals surface area contributed by atoms with Crippen molar-refractivity contribution < 1.29 is 14.3 Å². The molecule has 0 spiro atoms. The molecule has 2 N–H and O–H groups in total. The summed E-state index contributed by atoms with van der Waals surface area (Å²) < 4.78 is 13.1. The number of pyridine rings is 1. The lowest BCUT2D eigenvalue weighted by Gasteiger charge is -2.23. The molecule has 1 aliphatic heterocycles. The van der Waals surface area contributed by atoms with Crippen molar-refractivity contribution in [1.82, 2.24) is 9.88 Å². The standard InChI is InChI=1S/C17H21ClFN3O2/c18-14-7-11(8-15(19)17(23)24)9-20-16(14)21-12-5-6-22(10-12)13-3-1-2-4-13/h7-9,12-13H,1-6,10H2,(H,20,21)(H,23,24)/t12-/m1/s1. The van der Waals surface area contributed by atoms with Gasteiger partial charge in [-0.1, -0.05) is 24.4 Å². The molecule has 1 saturated heterocycles. The van der Waals surface area contributed by atoms with E-state index >= 15 is 0 Å². The highest BCUT2D eigenvalue weighted by atomic mass is 35.5. The van der Waals surface area contributed by atoms with Crippen LogP contribution >= 0.6 is 11.6 Å². The fraction of sp³-hybridized carbons (Fsp3) is 0.529. The molecule has 3 rings (SSSR count). The minimum absolute atomic E-state index is 0.299. The first-order chi connectivity index (χ1) is 11.5. The Hall–Kier alpha value is -1.66. The zero-order chi connectivity index (χ0) is 17.1. The van der Waals surface area contributed by atoms with Gasteiger partial charge >= 0.3 is 5.97 Å². The van der Waals surface area contributed by atoms with E-state index in [1.807, 2.05) is 0 Å². The van der Waals surface area contributed by atoms with E-state index < -0.39 is 11.8 Å². The van der Waals surface area contributed by atoms with Crippen LogP contribution < -0.4 is 5.32 Å². The Morgan fingerprint density at radius 1 is 1.42 bits per heavy atom. The van der Waals surface area contributed by atoms with Crippen molar-refractivity contribution in [3.8, 4) is 0 Å². The van der Waals surface area contributed by atoms with Gasteiger partial charge in [0.1, 0.15) is 5.82 Å². The lowest BCUT2D eigenvalue weighted by atomic mass is 10.2. The summed E-state index contributed by atoms with van der Waals surface area (Å²) in [6.45, 7) is 2.07. The summed E-state index contributed by atoms with van der Waals surface area (Å²) in [7, 11) is 0. The van der Waals surface area contributed by atoms with E-state index in [9.17, 15) is 9.18 Å². The van der Waals surface area contributed by atoms with Gasteiger partial charge in [0, 0.05) is 31.4 Å². The molecule has 5 nitrogen and oxygen atoms in total. The summed E-state index contributed by atoms with van der Waals surface area (Å²) in [5.74, 6) is -2.29. The number of likely N-dealkylation sites (tertiary alicyclic amines) is 1. The number of anilines is 1. The Morgan fingerprint density at radius 3 is 2.83 bits per heavy atom. The Kier molecular flexibility index (Phi) is 5.36. The van der Waals surface area contributed by atoms with Gasteiger partial charge in [0.2, 0.25) is 5.83 Å². The van der Waals surface area contributed by atoms with Crippen molar-refractivity contribution in [2.24, 2.45) is 0 Å². The van der Waals surface area contributed by atoms with Crippen LogP contribution in [0.1, 0.15) is 37.7 Å². The second kappa shape index (κ2) is 7.49. The molecule has 1 aromatic rings. The van der Waals surface area contributed by atoms with Gasteiger partial charge < -0.3 is 10.4 Å². The summed E-state index contributed by atoms with van der Waals surface area (Å²) >= 11 is 6.20. The van der Waals surface area contributed by atoms with E-state index in [2.05, 4.69) is 15.2 Å². The van der Waals surface area contributed by atoms with Gasteiger partial charge in [0.15, 0.2) is 0 Å². The minimum Gasteiger partial charge on any atom is -0.476 e. The average Bonchev–Trinajstić information content (AvgIpc) is 3.21. The monoisotopic (exact) mass is 353 g/mol. The molecule has 0 radical (unpaired) electrons. The Labute approximate surface area is 145 Å². The van der Waals surface area contributed by atoms with Crippen LogP contribution in [-0.2, 0) is 4.79 Å². The second-order valence-corrected chi connectivity index (χ2v) is 6.87. The molecule has 1 aliphatic carbocycles. The number of aromatic nitrogens is 1. The lowest BCUT2D eigenvalue weighted by molar-refractivity contribution is -0.134. The number of hydrogen-bond donors (Lipinski definition) is 2. The number of halogens is 2. The molecular formula is C17H21ClFN3O2. The molecule has 1 atom stereocenters. The SMILES string of the molecule is O=C(O)C(F)=Cc1cnc(N[C@@H]2CCN(C3CCCC3)C2)c(Cl)c1. The number of rotatable bonds is 5. The van der Waals surface area contributed by atoms with E-state index in [4.69, 9.17) is 16.7 Å². The predicted molar refractivity (Wildman–Crippen MR) is 91.8 cm³/mol. The molecular weight excluding hydrogens is 333 g/mol. The molecule has 0 unspecified atom stereocenters. The van der Waals surface area contributed by atoms with Crippen LogP contribution in [0.2, 0.25) is 5.02 Å². The zero-order valence-corrected chi connectivity index (χ0v) is 14.1. The van der Waals surface area contributed by atoms with Crippen LogP contribution in [0.3, 0.4) is 0 Å². The van der Waals surface area contributed by atoms with Crippen molar-refractivity contribution in [3.63, 3.8) is 0 Å². The Balaban J connectivity index is 1.61. The average molecular weight is 354 g/mol. The first kappa shape index (κ1) is 17.2. The smallest absolute Gasteiger partial charge is 0.364 e. The van der Waals surface area contributed by atoms with Crippen LogP contribution in [0.4, 0.5) is 10.2 Å². The maximum absolute atomic E-state index is 13.1. The first-order valence-electron chi connectivity index (χ1n) is 8.29. The van der Waals surface area contributed by atoms with Crippen molar-refractivity contribution in [1.29, 1.82) is 0 Å². The fourth-order valence-corrected chi connectivity index (χ4v) is 3.77. The lowest BCUT2D eigenvalue weighted by Crippen LogP contribution is -2.33. The molecule has 2 heterocycles. The van der Waals surface area contributed by atoms with E-state index in [-0.39, 0.29) is 0 Å². The molecule has 0 aromatic carbocycles. The third kappa shape index (κ3) is 4.05. The molecule has 7 heteroatoms. The van der Waals surface area contributed by atoms with Crippen molar-refractivity contribution in [2.75, 3.05) is 18.4 Å². The number of carbonyl (C=O) groups is 1. The normalized spacial score (nSPS) is 22.9. The number of hydrogen-bond acceptors (Lipinski definition) is 4. The van der Waals surface area contributed by atoms with Crippen LogP contribution in [0.5, 0.6) is 0 Å². The van der Waals surface area contributed by atoms with Gasteiger partial charge in [-0.05, 0) is 37.0 Å². The molecule has 0 bridgehead atoms.